The fourth-order valence-corrected chi connectivity index (χ4v) is 8.46. The highest BCUT2D eigenvalue weighted by atomic mass is 16.7. The van der Waals surface area contributed by atoms with Crippen molar-refractivity contribution in [3.05, 3.63) is 35.9 Å². The molecule has 0 aliphatic carbocycles. The molecule has 0 saturated heterocycles. The number of hydrogen-bond donors (Lipinski definition) is 0. The molecule has 0 aliphatic rings. The maximum Gasteiger partial charge on any atom is 0.508 e. The largest absolute Gasteiger partial charge is 0.508 e. The number of hydrogen-bond acceptors (Lipinski definition) is 10. The number of likely N-dealkylation sites (N-methyl/N-ethyl adjacent to an activating group) is 1. The first-order valence-corrected chi connectivity index (χ1v) is 27.6. The summed E-state index contributed by atoms with van der Waals surface area (Å²) in [4.78, 5) is 43.5. The van der Waals surface area contributed by atoms with Crippen molar-refractivity contribution in [2.75, 3.05) is 65.7 Å². The smallest absolute Gasteiger partial charge is 0.466 e. The van der Waals surface area contributed by atoms with Gasteiger partial charge in [-0.1, -0.05) is 181 Å². The van der Waals surface area contributed by atoms with Gasteiger partial charge in [0.2, 0.25) is 0 Å². The van der Waals surface area contributed by atoms with Crippen LogP contribution in [0.25, 0.3) is 0 Å². The van der Waals surface area contributed by atoms with Crippen LogP contribution in [0.1, 0.15) is 226 Å². The maximum atomic E-state index is 13.3. The van der Waals surface area contributed by atoms with Crippen LogP contribution in [-0.2, 0) is 39.9 Å². The molecular formula is C56H102N2O8. The van der Waals surface area contributed by atoms with Crippen molar-refractivity contribution in [1.82, 2.24) is 9.80 Å². The molecule has 0 N–H and O–H groups in total. The van der Waals surface area contributed by atoms with Crippen LogP contribution in [0.4, 0.5) is 4.79 Å². The summed E-state index contributed by atoms with van der Waals surface area (Å²) in [5.74, 6) is 0.117. The molecule has 0 aliphatic heterocycles. The summed E-state index contributed by atoms with van der Waals surface area (Å²) in [5, 5.41) is 0. The van der Waals surface area contributed by atoms with E-state index in [2.05, 4.69) is 56.6 Å². The normalized spacial score (nSPS) is 12.0. The fraction of sp³-hybridized carbons (Fsp3) is 0.839. The first-order chi connectivity index (χ1) is 32.3. The van der Waals surface area contributed by atoms with Crippen LogP contribution in [0.5, 0.6) is 0 Å². The molecule has 10 heteroatoms. The van der Waals surface area contributed by atoms with Gasteiger partial charge < -0.3 is 28.6 Å². The van der Waals surface area contributed by atoms with Crippen molar-refractivity contribution < 1.29 is 38.1 Å². The lowest BCUT2D eigenvalue weighted by Gasteiger charge is -2.27. The molecule has 0 bridgehead atoms. The quantitative estimate of drug-likeness (QED) is 0.0356. The minimum atomic E-state index is -0.660. The van der Waals surface area contributed by atoms with E-state index in [9.17, 15) is 14.4 Å². The van der Waals surface area contributed by atoms with Crippen LogP contribution in [-0.4, -0.2) is 99.7 Å². The van der Waals surface area contributed by atoms with E-state index in [1.165, 1.54) is 95.5 Å². The van der Waals surface area contributed by atoms with Gasteiger partial charge in [-0.15, -0.1) is 0 Å². The second-order valence-electron chi connectivity index (χ2n) is 18.8. The Kier molecular flexibility index (Phi) is 42.8. The van der Waals surface area contributed by atoms with Gasteiger partial charge in [-0.2, -0.15) is 0 Å². The SMILES string of the molecule is CCCCCCCCOC(=O)CCCC(CCCCCC)OC(=O)OCCN(CCOC(=O)CC(CCCCCCC)CCCCCCC)CCN(CC)CCCCOCc1ccccc1. The standard InChI is InChI=1S/C56H102N2O8/c1-6-11-15-19-22-30-46-63-54(59)39-32-38-53(37-28-18-14-9-4)66-56(61)65-48-44-58(42-41-57(10-5)40-29-31-45-62-50-52-35-26-23-27-36-52)43-47-64-55(60)49-51(33-24-20-16-12-7-2)34-25-21-17-13-8-3/h23,26-27,35-36,51,53H,6-22,24-25,28-34,37-50H2,1-5H3. The Balaban J connectivity index is 2.75. The second kappa shape index (κ2) is 46.1. The number of unbranched alkanes of at least 4 members (excludes halogenated alkanes) is 17. The van der Waals surface area contributed by atoms with E-state index < -0.39 is 6.16 Å². The van der Waals surface area contributed by atoms with Gasteiger partial charge in [-0.05, 0) is 82.4 Å². The zero-order valence-corrected chi connectivity index (χ0v) is 43.5. The average Bonchev–Trinajstić information content (AvgIpc) is 3.31. The Morgan fingerprint density at radius 3 is 1.62 bits per heavy atom. The lowest BCUT2D eigenvalue weighted by molar-refractivity contribution is -0.145. The van der Waals surface area contributed by atoms with Crippen molar-refractivity contribution >= 4 is 18.1 Å². The van der Waals surface area contributed by atoms with Gasteiger partial charge >= 0.3 is 18.1 Å². The third kappa shape index (κ3) is 38.3. The molecule has 0 amide bonds. The molecule has 0 spiro atoms. The number of rotatable bonds is 48. The van der Waals surface area contributed by atoms with Crippen molar-refractivity contribution in [2.24, 2.45) is 5.92 Å². The number of benzene rings is 1. The summed E-state index contributed by atoms with van der Waals surface area (Å²) < 4.78 is 28.9. The van der Waals surface area contributed by atoms with Crippen LogP contribution in [0, 0.1) is 5.92 Å². The van der Waals surface area contributed by atoms with Crippen molar-refractivity contribution in [1.29, 1.82) is 0 Å². The Morgan fingerprint density at radius 2 is 0.985 bits per heavy atom. The predicted molar refractivity (Wildman–Crippen MR) is 273 cm³/mol. The first kappa shape index (κ1) is 61.3. The van der Waals surface area contributed by atoms with Crippen molar-refractivity contribution in [2.45, 2.75) is 234 Å². The third-order valence-electron chi connectivity index (χ3n) is 12.8. The molecule has 0 aromatic heterocycles. The lowest BCUT2D eigenvalue weighted by atomic mass is 9.91. The molecule has 0 heterocycles. The molecule has 1 aromatic rings. The van der Waals surface area contributed by atoms with Crippen LogP contribution in [0.15, 0.2) is 30.3 Å². The summed E-state index contributed by atoms with van der Waals surface area (Å²) in [5.41, 5.74) is 1.20. The van der Waals surface area contributed by atoms with Crippen LogP contribution < -0.4 is 0 Å². The minimum Gasteiger partial charge on any atom is -0.466 e. The molecule has 0 saturated carbocycles. The van der Waals surface area contributed by atoms with Crippen LogP contribution in [0.2, 0.25) is 0 Å². The predicted octanol–water partition coefficient (Wildman–Crippen LogP) is 14.4. The lowest BCUT2D eigenvalue weighted by Crippen LogP contribution is -2.39. The molecule has 10 nitrogen and oxygen atoms in total. The summed E-state index contributed by atoms with van der Waals surface area (Å²) >= 11 is 0. The van der Waals surface area contributed by atoms with E-state index in [0.29, 0.717) is 64.5 Å². The van der Waals surface area contributed by atoms with Crippen molar-refractivity contribution in [3.8, 4) is 0 Å². The minimum absolute atomic E-state index is 0.0948. The van der Waals surface area contributed by atoms with Gasteiger partial charge in [0.25, 0.3) is 0 Å². The van der Waals surface area contributed by atoms with Crippen LogP contribution in [0.3, 0.4) is 0 Å². The van der Waals surface area contributed by atoms with E-state index in [0.717, 1.165) is 103 Å². The molecule has 0 radical (unpaired) electrons. The number of carbonyl (C=O) groups excluding carboxylic acids is 3. The highest BCUT2D eigenvalue weighted by molar-refractivity contribution is 5.69. The number of carbonyl (C=O) groups is 3. The van der Waals surface area contributed by atoms with Gasteiger partial charge in [-0.25, -0.2) is 4.79 Å². The first-order valence-electron chi connectivity index (χ1n) is 27.6. The highest BCUT2D eigenvalue weighted by Gasteiger charge is 2.19. The van der Waals surface area contributed by atoms with Crippen LogP contribution >= 0.6 is 0 Å². The van der Waals surface area contributed by atoms with E-state index in [1.54, 1.807) is 0 Å². The Morgan fingerprint density at radius 1 is 0.470 bits per heavy atom. The summed E-state index contributed by atoms with van der Waals surface area (Å²) in [6.45, 7) is 18.1. The molecule has 384 valence electrons. The second-order valence-corrected chi connectivity index (χ2v) is 18.8. The highest BCUT2D eigenvalue weighted by Crippen LogP contribution is 2.23. The number of nitrogens with zero attached hydrogens (tertiary/aromatic N) is 2. The van der Waals surface area contributed by atoms with Gasteiger partial charge in [0, 0.05) is 45.6 Å². The van der Waals surface area contributed by atoms with E-state index in [4.69, 9.17) is 23.7 Å². The molecule has 66 heavy (non-hydrogen) atoms. The molecule has 1 unspecified atom stereocenters. The Labute approximate surface area is 405 Å². The molecule has 1 aromatic carbocycles. The fourth-order valence-electron chi connectivity index (χ4n) is 8.46. The topological polar surface area (TPSA) is 104 Å². The Bertz CT molecular complexity index is 1220. The molecule has 0 fully saturated rings. The van der Waals surface area contributed by atoms with E-state index in [1.807, 2.05) is 18.2 Å². The van der Waals surface area contributed by atoms with Gasteiger partial charge in [0.05, 0.1) is 13.2 Å². The van der Waals surface area contributed by atoms with Gasteiger partial charge in [-0.3, -0.25) is 14.5 Å². The summed E-state index contributed by atoms with van der Waals surface area (Å²) in [7, 11) is 0. The van der Waals surface area contributed by atoms with Gasteiger partial charge in [0.15, 0.2) is 0 Å². The average molecular weight is 931 g/mol. The molecule has 1 atom stereocenters. The van der Waals surface area contributed by atoms with Crippen molar-refractivity contribution in [3.63, 3.8) is 0 Å². The Hall–Kier alpha value is -2.69. The van der Waals surface area contributed by atoms with E-state index >= 15 is 0 Å². The summed E-state index contributed by atoms with van der Waals surface area (Å²) in [6, 6.07) is 10.3. The molecule has 1 rings (SSSR count). The monoisotopic (exact) mass is 931 g/mol. The number of esters is 2. The zero-order valence-electron chi connectivity index (χ0n) is 43.5. The zero-order chi connectivity index (χ0) is 48.0. The maximum absolute atomic E-state index is 13.3. The third-order valence-corrected chi connectivity index (χ3v) is 12.8. The molecular weight excluding hydrogens is 829 g/mol. The number of ether oxygens (including phenoxy) is 5. The summed E-state index contributed by atoms with van der Waals surface area (Å²) in [6.07, 6.45) is 29.8. The van der Waals surface area contributed by atoms with Gasteiger partial charge in [0.1, 0.15) is 19.3 Å². The van der Waals surface area contributed by atoms with E-state index in [-0.39, 0.29) is 24.6 Å².